The van der Waals surface area contributed by atoms with Crippen LogP contribution in [0.3, 0.4) is 0 Å². The van der Waals surface area contributed by atoms with Gasteiger partial charge in [-0.05, 0) is 42.2 Å². The third kappa shape index (κ3) is 4.37. The summed E-state index contributed by atoms with van der Waals surface area (Å²) in [6.07, 6.45) is 2.23. The lowest BCUT2D eigenvalue weighted by atomic mass is 9.82. The molecule has 4 rings (SSSR count). The molecule has 1 aliphatic rings. The minimum absolute atomic E-state index is 0.0778. The summed E-state index contributed by atoms with van der Waals surface area (Å²) < 4.78 is 23.6. The van der Waals surface area contributed by atoms with Crippen LogP contribution < -0.4 is 14.8 Å². The molecule has 0 bridgehead atoms. The van der Waals surface area contributed by atoms with E-state index in [1.54, 1.807) is 30.3 Å². The van der Waals surface area contributed by atoms with Gasteiger partial charge in [0.2, 0.25) is 5.95 Å². The first kappa shape index (κ1) is 20.5. The van der Waals surface area contributed by atoms with E-state index in [9.17, 15) is 14.0 Å². The molecule has 1 aromatic heterocycles. The van der Waals surface area contributed by atoms with Gasteiger partial charge in [-0.25, -0.2) is 14.4 Å². The Labute approximate surface area is 178 Å². The third-order valence-corrected chi connectivity index (χ3v) is 5.22. The molecule has 0 spiro atoms. The van der Waals surface area contributed by atoms with Gasteiger partial charge >= 0.3 is 0 Å². The van der Waals surface area contributed by atoms with Crippen LogP contribution in [0.15, 0.2) is 48.7 Å². The average Bonchev–Trinajstić information content (AvgIpc) is 2.78. The molecule has 1 amide bonds. The van der Waals surface area contributed by atoms with Gasteiger partial charge in [-0.2, -0.15) is 0 Å². The third-order valence-electron chi connectivity index (χ3n) is 5.22. The average molecular weight is 421 g/mol. The number of Topliss-reactive ketones (excluding diaryl/α,β-unsaturated/α-hetero) is 1. The van der Waals surface area contributed by atoms with E-state index in [1.807, 2.05) is 0 Å². The number of hydrogen-bond donors (Lipinski definition) is 1. The van der Waals surface area contributed by atoms with Crippen molar-refractivity contribution in [1.82, 2.24) is 9.97 Å². The number of fused-ring (bicyclic) bond motifs is 1. The largest absolute Gasteiger partial charge is 0.497 e. The molecule has 0 unspecified atom stereocenters. The van der Waals surface area contributed by atoms with Gasteiger partial charge in [-0.1, -0.05) is 12.1 Å². The number of carbonyl (C=O) groups is 2. The fourth-order valence-corrected chi connectivity index (χ4v) is 3.59. The van der Waals surface area contributed by atoms with E-state index in [0.717, 1.165) is 5.56 Å². The maximum absolute atomic E-state index is 13.2. The van der Waals surface area contributed by atoms with Crippen LogP contribution in [0.25, 0.3) is 0 Å². The summed E-state index contributed by atoms with van der Waals surface area (Å²) in [6, 6.07) is 10.9. The van der Waals surface area contributed by atoms with Crippen molar-refractivity contribution in [3.63, 3.8) is 0 Å². The molecule has 31 heavy (non-hydrogen) atoms. The Kier molecular flexibility index (Phi) is 5.62. The second-order valence-electron chi connectivity index (χ2n) is 7.19. The van der Waals surface area contributed by atoms with E-state index in [2.05, 4.69) is 15.3 Å². The van der Waals surface area contributed by atoms with Gasteiger partial charge in [0.25, 0.3) is 5.91 Å². The zero-order valence-electron chi connectivity index (χ0n) is 17.0. The minimum Gasteiger partial charge on any atom is -0.497 e. The zero-order chi connectivity index (χ0) is 22.0. The monoisotopic (exact) mass is 421 g/mol. The summed E-state index contributed by atoms with van der Waals surface area (Å²) in [7, 11) is 3.00. The van der Waals surface area contributed by atoms with E-state index in [-0.39, 0.29) is 23.5 Å². The van der Waals surface area contributed by atoms with Crippen molar-refractivity contribution in [1.29, 1.82) is 0 Å². The number of benzene rings is 2. The van der Waals surface area contributed by atoms with Crippen LogP contribution in [-0.2, 0) is 6.42 Å². The number of ether oxygens (including phenoxy) is 2. The van der Waals surface area contributed by atoms with Crippen LogP contribution in [0.1, 0.15) is 44.3 Å². The fraction of sp³-hybridized carbons (Fsp3) is 0.217. The normalized spacial score (nSPS) is 15.2. The van der Waals surface area contributed by atoms with Crippen LogP contribution >= 0.6 is 0 Å². The van der Waals surface area contributed by atoms with Gasteiger partial charge in [0.15, 0.2) is 5.78 Å². The van der Waals surface area contributed by atoms with Crippen LogP contribution in [-0.4, -0.2) is 35.9 Å². The lowest BCUT2D eigenvalue weighted by Gasteiger charge is -2.23. The molecule has 158 valence electrons. The van der Waals surface area contributed by atoms with Gasteiger partial charge in [0.05, 0.1) is 25.5 Å². The summed E-state index contributed by atoms with van der Waals surface area (Å²) >= 11 is 0. The highest BCUT2D eigenvalue weighted by Crippen LogP contribution is 2.32. The second-order valence-corrected chi connectivity index (χ2v) is 7.19. The molecule has 7 nitrogen and oxygen atoms in total. The van der Waals surface area contributed by atoms with E-state index in [0.29, 0.717) is 41.2 Å². The van der Waals surface area contributed by atoms with Crippen molar-refractivity contribution in [3.05, 3.63) is 76.9 Å². The van der Waals surface area contributed by atoms with Gasteiger partial charge in [0.1, 0.15) is 17.3 Å². The summed E-state index contributed by atoms with van der Waals surface area (Å²) in [6.45, 7) is 0. The number of carbonyl (C=O) groups excluding carboxylic acids is 2. The van der Waals surface area contributed by atoms with Crippen LogP contribution in [0, 0.1) is 5.82 Å². The molecule has 2 aromatic carbocycles. The Bertz CT molecular complexity index is 1130. The highest BCUT2D eigenvalue weighted by atomic mass is 19.1. The number of halogens is 1. The fourth-order valence-electron chi connectivity index (χ4n) is 3.59. The molecule has 0 saturated carbocycles. The highest BCUT2D eigenvalue weighted by molar-refractivity contribution is 6.04. The second kappa shape index (κ2) is 8.51. The molecule has 3 aromatic rings. The molecular formula is C23H20FN3O4. The Morgan fingerprint density at radius 1 is 1.06 bits per heavy atom. The first-order valence-electron chi connectivity index (χ1n) is 9.66. The van der Waals surface area contributed by atoms with E-state index in [4.69, 9.17) is 9.47 Å². The number of nitrogens with zero attached hydrogens (tertiary/aromatic N) is 2. The Balaban J connectivity index is 1.57. The molecule has 0 radical (unpaired) electrons. The van der Waals surface area contributed by atoms with Crippen molar-refractivity contribution in [3.8, 4) is 11.5 Å². The van der Waals surface area contributed by atoms with Crippen LogP contribution in [0.2, 0.25) is 0 Å². The van der Waals surface area contributed by atoms with Gasteiger partial charge < -0.3 is 9.47 Å². The Hall–Kier alpha value is -3.81. The number of hydrogen-bond acceptors (Lipinski definition) is 6. The topological polar surface area (TPSA) is 90.4 Å². The molecule has 1 atom stereocenters. The van der Waals surface area contributed by atoms with E-state index < -0.39 is 5.91 Å². The Morgan fingerprint density at radius 3 is 2.39 bits per heavy atom. The van der Waals surface area contributed by atoms with Crippen molar-refractivity contribution in [2.24, 2.45) is 0 Å². The number of nitrogens with one attached hydrogen (secondary N) is 1. The van der Waals surface area contributed by atoms with Gasteiger partial charge in [-0.15, -0.1) is 0 Å². The molecule has 0 fully saturated rings. The van der Waals surface area contributed by atoms with Crippen LogP contribution in [0.5, 0.6) is 11.5 Å². The van der Waals surface area contributed by atoms with E-state index >= 15 is 0 Å². The summed E-state index contributed by atoms with van der Waals surface area (Å²) in [4.78, 5) is 33.8. The summed E-state index contributed by atoms with van der Waals surface area (Å²) in [5.41, 5.74) is 2.18. The number of ketones is 1. The zero-order valence-corrected chi connectivity index (χ0v) is 17.0. The van der Waals surface area contributed by atoms with Gasteiger partial charge in [-0.3, -0.25) is 14.9 Å². The van der Waals surface area contributed by atoms with Gasteiger partial charge in [0, 0.05) is 24.2 Å². The molecule has 1 aliphatic carbocycles. The lowest BCUT2D eigenvalue weighted by molar-refractivity contribution is 0.0962. The predicted octanol–water partition coefficient (Wildman–Crippen LogP) is 3.80. The smallest absolute Gasteiger partial charge is 0.258 e. The summed E-state index contributed by atoms with van der Waals surface area (Å²) in [5.74, 6) is 0.0973. The maximum atomic E-state index is 13.2. The standard InChI is InChI=1S/C23H20FN3O4/c1-30-17-7-15(8-18(11-17)31-2)22(29)27-23-25-12-19-20(26-23)9-14(10-21(19)28)13-3-5-16(24)6-4-13/h3-8,11-12,14H,9-10H2,1-2H3,(H,25,26,27,29)/t14-/m0/s1. The number of rotatable bonds is 5. The lowest BCUT2D eigenvalue weighted by Crippen LogP contribution is -2.22. The minimum atomic E-state index is -0.436. The maximum Gasteiger partial charge on any atom is 0.258 e. The number of amides is 1. The number of aromatic nitrogens is 2. The van der Waals surface area contributed by atoms with Crippen molar-refractivity contribution in [2.75, 3.05) is 19.5 Å². The molecular weight excluding hydrogens is 401 g/mol. The number of methoxy groups -OCH3 is 2. The molecule has 0 saturated heterocycles. The molecule has 1 N–H and O–H groups in total. The molecule has 0 aliphatic heterocycles. The first-order valence-corrected chi connectivity index (χ1v) is 9.66. The van der Waals surface area contributed by atoms with Crippen molar-refractivity contribution in [2.45, 2.75) is 18.8 Å². The Morgan fingerprint density at radius 2 is 1.74 bits per heavy atom. The molecule has 8 heteroatoms. The van der Waals surface area contributed by atoms with Crippen molar-refractivity contribution >= 4 is 17.6 Å². The highest BCUT2D eigenvalue weighted by Gasteiger charge is 2.28. The number of anilines is 1. The van der Waals surface area contributed by atoms with Crippen LogP contribution in [0.4, 0.5) is 10.3 Å². The van der Waals surface area contributed by atoms with E-state index in [1.165, 1.54) is 32.5 Å². The first-order chi connectivity index (χ1) is 15.0. The quantitative estimate of drug-likeness (QED) is 0.674. The summed E-state index contributed by atoms with van der Waals surface area (Å²) in [5, 5.41) is 2.65. The van der Waals surface area contributed by atoms with Crippen molar-refractivity contribution < 1.29 is 23.5 Å². The SMILES string of the molecule is COc1cc(OC)cc(C(=O)Nc2ncc3c(n2)C[C@H](c2ccc(F)cc2)CC3=O)c1. The predicted molar refractivity (Wildman–Crippen MR) is 111 cm³/mol. The molecule has 1 heterocycles.